The number of rotatable bonds is 2. The van der Waals surface area contributed by atoms with Crippen LogP contribution in [0.15, 0.2) is 11.6 Å². The molecule has 0 aromatic rings. The SMILES string of the molecule is CC(=O)O[C@@]1(C(C)=O)CC[C@H]2[C@@H]3C[C@@H](Cl)C4=CC(=O)C5CC5[C@@]4(C)[C@@H]3CC[C@@]21C. The Morgan fingerprint density at radius 3 is 2.41 bits per heavy atom. The summed E-state index contributed by atoms with van der Waals surface area (Å²) in [7, 11) is 0. The lowest BCUT2D eigenvalue weighted by molar-refractivity contribution is -0.187. The number of carbonyl (C=O) groups excluding carboxylic acids is 3. The predicted octanol–water partition coefficient (Wildman–Crippen LogP) is 4.48. The van der Waals surface area contributed by atoms with E-state index in [0.717, 1.165) is 32.1 Å². The van der Waals surface area contributed by atoms with Crippen LogP contribution in [0.5, 0.6) is 0 Å². The number of esters is 1. The number of allylic oxidation sites excluding steroid dienone is 1. The first-order valence-electron chi connectivity index (χ1n) is 11.2. The maximum Gasteiger partial charge on any atom is 0.303 e. The maximum atomic E-state index is 12.8. The van der Waals surface area contributed by atoms with E-state index in [1.807, 2.05) is 6.08 Å². The normalized spacial score (nSPS) is 52.4. The Morgan fingerprint density at radius 1 is 1.07 bits per heavy atom. The van der Waals surface area contributed by atoms with Gasteiger partial charge in [0.15, 0.2) is 17.2 Å². The molecule has 0 spiro atoms. The molecular weight excluding hydrogens is 388 g/mol. The molecule has 0 heterocycles. The highest BCUT2D eigenvalue weighted by molar-refractivity contribution is 6.23. The van der Waals surface area contributed by atoms with Crippen LogP contribution in [0.25, 0.3) is 0 Å². The highest BCUT2D eigenvalue weighted by Gasteiger charge is 2.71. The molecule has 5 heteroatoms. The second-order valence-corrected chi connectivity index (χ2v) is 11.3. The lowest BCUT2D eigenvalue weighted by atomic mass is 9.46. The van der Waals surface area contributed by atoms with Gasteiger partial charge in [0.05, 0.1) is 5.38 Å². The van der Waals surface area contributed by atoms with E-state index in [4.69, 9.17) is 16.3 Å². The summed E-state index contributed by atoms with van der Waals surface area (Å²) in [5.74, 6) is 1.73. The van der Waals surface area contributed by atoms with Crippen LogP contribution in [0.3, 0.4) is 0 Å². The number of ether oxygens (including phenoxy) is 1. The summed E-state index contributed by atoms with van der Waals surface area (Å²) in [5.41, 5.74) is -0.174. The number of ketones is 2. The van der Waals surface area contributed by atoms with Crippen LogP contribution in [-0.2, 0) is 19.1 Å². The molecule has 0 radical (unpaired) electrons. The largest absolute Gasteiger partial charge is 0.451 e. The Kier molecular flexibility index (Phi) is 4.07. The molecule has 0 aromatic heterocycles. The second-order valence-electron chi connectivity index (χ2n) is 10.8. The average Bonchev–Trinajstić information content (AvgIpc) is 3.39. The van der Waals surface area contributed by atoms with Crippen molar-refractivity contribution in [3.8, 4) is 0 Å². The van der Waals surface area contributed by atoms with E-state index < -0.39 is 5.60 Å². The summed E-state index contributed by atoms with van der Waals surface area (Å²) < 4.78 is 5.84. The van der Waals surface area contributed by atoms with Crippen molar-refractivity contribution in [2.24, 2.45) is 40.4 Å². The smallest absolute Gasteiger partial charge is 0.303 e. The third-order valence-electron chi connectivity index (χ3n) is 9.88. The van der Waals surface area contributed by atoms with E-state index in [0.29, 0.717) is 30.1 Å². The molecule has 9 atom stereocenters. The fourth-order valence-corrected chi connectivity index (χ4v) is 9.01. The summed E-state index contributed by atoms with van der Waals surface area (Å²) >= 11 is 6.93. The Hall–Kier alpha value is -1.16. The molecule has 0 saturated heterocycles. The minimum Gasteiger partial charge on any atom is -0.451 e. The predicted molar refractivity (Wildman–Crippen MR) is 109 cm³/mol. The Labute approximate surface area is 177 Å². The lowest BCUT2D eigenvalue weighted by Gasteiger charge is -2.60. The zero-order chi connectivity index (χ0) is 20.9. The van der Waals surface area contributed by atoms with Gasteiger partial charge in [0.25, 0.3) is 0 Å². The van der Waals surface area contributed by atoms with Crippen LogP contribution in [-0.4, -0.2) is 28.5 Å². The van der Waals surface area contributed by atoms with Crippen molar-refractivity contribution in [1.29, 1.82) is 0 Å². The van der Waals surface area contributed by atoms with Gasteiger partial charge in [-0.1, -0.05) is 13.8 Å². The number of halogens is 1. The van der Waals surface area contributed by atoms with E-state index in [2.05, 4.69) is 13.8 Å². The van der Waals surface area contributed by atoms with Gasteiger partial charge in [0, 0.05) is 18.3 Å². The molecule has 0 bridgehead atoms. The zero-order valence-corrected chi connectivity index (χ0v) is 18.6. The van der Waals surface area contributed by atoms with Crippen LogP contribution in [0.2, 0.25) is 0 Å². The fraction of sp³-hybridized carbons (Fsp3) is 0.792. The van der Waals surface area contributed by atoms with Gasteiger partial charge in [-0.2, -0.15) is 0 Å². The molecule has 2 unspecified atom stereocenters. The van der Waals surface area contributed by atoms with Gasteiger partial charge in [-0.25, -0.2) is 0 Å². The van der Waals surface area contributed by atoms with E-state index in [-0.39, 0.29) is 39.7 Å². The van der Waals surface area contributed by atoms with Gasteiger partial charge in [-0.3, -0.25) is 14.4 Å². The Bertz CT molecular complexity index is 848. The number of alkyl halides is 1. The molecule has 0 amide bonds. The lowest BCUT2D eigenvalue weighted by Crippen LogP contribution is -2.59. The molecule has 158 valence electrons. The van der Waals surface area contributed by atoms with Gasteiger partial charge >= 0.3 is 5.97 Å². The molecule has 0 aliphatic heterocycles. The summed E-state index contributed by atoms with van der Waals surface area (Å²) in [6, 6.07) is 0. The monoisotopic (exact) mass is 418 g/mol. The Balaban J connectivity index is 1.55. The first-order valence-corrected chi connectivity index (χ1v) is 11.6. The fourth-order valence-electron chi connectivity index (χ4n) is 8.51. The van der Waals surface area contributed by atoms with Crippen LogP contribution >= 0.6 is 11.6 Å². The van der Waals surface area contributed by atoms with Gasteiger partial charge in [0.2, 0.25) is 0 Å². The highest BCUT2D eigenvalue weighted by Crippen LogP contribution is 2.73. The number of hydrogen-bond acceptors (Lipinski definition) is 4. The van der Waals surface area contributed by atoms with Gasteiger partial charge < -0.3 is 4.74 Å². The van der Waals surface area contributed by atoms with Crippen molar-refractivity contribution in [1.82, 2.24) is 0 Å². The van der Waals surface area contributed by atoms with Crippen LogP contribution in [0, 0.1) is 40.4 Å². The molecule has 5 rings (SSSR count). The van der Waals surface area contributed by atoms with Gasteiger partial charge in [0.1, 0.15) is 0 Å². The van der Waals surface area contributed by atoms with Crippen molar-refractivity contribution in [3.05, 3.63) is 11.6 Å². The topological polar surface area (TPSA) is 60.4 Å². The van der Waals surface area contributed by atoms with Gasteiger partial charge in [-0.15, -0.1) is 11.6 Å². The van der Waals surface area contributed by atoms with Gasteiger partial charge in [-0.05, 0) is 86.2 Å². The number of hydrogen-bond donors (Lipinski definition) is 0. The molecule has 0 N–H and O–H groups in total. The Morgan fingerprint density at radius 2 is 1.76 bits per heavy atom. The zero-order valence-electron chi connectivity index (χ0n) is 17.8. The third kappa shape index (κ3) is 2.30. The molecular formula is C24H31ClO4. The standard InChI is InChI=1S/C24H31ClO4/c1-12(26)24(29-13(2)27)8-6-16-14-10-20(25)19-11-21(28)15-9-18(15)23(19,4)17(14)5-7-22(16,24)3/h11,14-18,20H,5-10H2,1-4H3/t14-,15?,16-,17+,18?,20+,22-,23+,24+/m0/s1. The van der Waals surface area contributed by atoms with Crippen LogP contribution in [0.1, 0.15) is 66.2 Å². The molecule has 5 aliphatic rings. The minimum atomic E-state index is -1.00. The van der Waals surface area contributed by atoms with Crippen molar-refractivity contribution >= 4 is 29.1 Å². The molecule has 4 fully saturated rings. The quantitative estimate of drug-likeness (QED) is 0.490. The van der Waals surface area contributed by atoms with Crippen LogP contribution in [0.4, 0.5) is 0 Å². The van der Waals surface area contributed by atoms with Crippen molar-refractivity contribution in [2.75, 3.05) is 0 Å². The highest BCUT2D eigenvalue weighted by atomic mass is 35.5. The minimum absolute atomic E-state index is 0.00184. The number of carbonyl (C=O) groups is 3. The summed E-state index contributed by atoms with van der Waals surface area (Å²) in [5, 5.41) is -0.116. The number of fused-ring (bicyclic) bond motifs is 7. The first kappa shape index (κ1) is 19.8. The molecule has 4 nitrogen and oxygen atoms in total. The van der Waals surface area contributed by atoms with E-state index in [1.165, 1.54) is 12.5 Å². The summed E-state index contributed by atoms with van der Waals surface area (Å²) in [6.07, 6.45) is 7.12. The van der Waals surface area contributed by atoms with Crippen molar-refractivity contribution in [3.63, 3.8) is 0 Å². The molecule has 29 heavy (non-hydrogen) atoms. The molecule has 5 aliphatic carbocycles. The van der Waals surface area contributed by atoms with E-state index >= 15 is 0 Å². The summed E-state index contributed by atoms with van der Waals surface area (Å²) in [6.45, 7) is 7.51. The molecule has 4 saturated carbocycles. The van der Waals surface area contributed by atoms with Crippen molar-refractivity contribution < 1.29 is 19.1 Å². The number of Topliss-reactive ketones (excluding diaryl/α,β-unsaturated/α-hetero) is 1. The van der Waals surface area contributed by atoms with E-state index in [1.54, 1.807) is 6.92 Å². The third-order valence-corrected chi connectivity index (χ3v) is 10.3. The first-order chi connectivity index (χ1) is 13.6. The molecule has 0 aromatic carbocycles. The maximum absolute atomic E-state index is 12.8. The second kappa shape index (κ2) is 5.96. The average molecular weight is 419 g/mol. The van der Waals surface area contributed by atoms with E-state index in [9.17, 15) is 14.4 Å². The van der Waals surface area contributed by atoms with Crippen molar-refractivity contribution in [2.45, 2.75) is 77.2 Å². The summed E-state index contributed by atoms with van der Waals surface area (Å²) in [4.78, 5) is 37.2. The van der Waals surface area contributed by atoms with Crippen LogP contribution < -0.4 is 0 Å².